The molecule has 1 aromatic rings. The van der Waals surface area contributed by atoms with E-state index in [2.05, 4.69) is 4.72 Å². The summed E-state index contributed by atoms with van der Waals surface area (Å²) in [6.45, 7) is 1.99. The summed E-state index contributed by atoms with van der Waals surface area (Å²) >= 11 is 0. The van der Waals surface area contributed by atoms with Gasteiger partial charge in [0.25, 0.3) is 0 Å². The van der Waals surface area contributed by atoms with Crippen molar-refractivity contribution in [3.8, 4) is 0 Å². The van der Waals surface area contributed by atoms with Crippen molar-refractivity contribution < 1.29 is 17.9 Å². The van der Waals surface area contributed by atoms with Crippen LogP contribution in [0.3, 0.4) is 0 Å². The molecule has 3 N–H and O–H groups in total. The Kier molecular flexibility index (Phi) is 3.88. The highest BCUT2D eigenvalue weighted by atomic mass is 32.2. The van der Waals surface area contributed by atoms with Crippen LogP contribution in [-0.4, -0.2) is 33.1 Å². The van der Waals surface area contributed by atoms with Crippen LogP contribution in [0, 0.1) is 0 Å². The number of carbonyl (C=O) groups excluding carboxylic acids is 1. The summed E-state index contributed by atoms with van der Waals surface area (Å²) in [5.41, 5.74) is 5.88. The topological polar surface area (TPSA) is 98.5 Å². The minimum Gasteiger partial charge on any atom is -0.462 e. The third-order valence-electron chi connectivity index (χ3n) is 2.82. The fraction of sp³-hybridized carbons (Fsp3) is 0.417. The van der Waals surface area contributed by atoms with Gasteiger partial charge >= 0.3 is 5.97 Å². The average molecular weight is 284 g/mol. The molecule has 6 nitrogen and oxygen atoms in total. The highest BCUT2D eigenvalue weighted by Gasteiger charge is 2.37. The number of benzene rings is 1. The predicted molar refractivity (Wildman–Crippen MR) is 69.1 cm³/mol. The largest absolute Gasteiger partial charge is 0.462 e. The zero-order valence-electron chi connectivity index (χ0n) is 10.5. The van der Waals surface area contributed by atoms with Crippen molar-refractivity contribution >= 4 is 16.0 Å². The van der Waals surface area contributed by atoms with Crippen LogP contribution in [0.4, 0.5) is 0 Å². The molecule has 2 unspecified atom stereocenters. The predicted octanol–water partition coefficient (Wildman–Crippen LogP) is 0.241. The van der Waals surface area contributed by atoms with Gasteiger partial charge in [-0.05, 0) is 37.6 Å². The molecule has 1 aromatic carbocycles. The van der Waals surface area contributed by atoms with Gasteiger partial charge in [0.2, 0.25) is 10.0 Å². The van der Waals surface area contributed by atoms with Crippen molar-refractivity contribution in [2.75, 3.05) is 6.61 Å². The molecule has 19 heavy (non-hydrogen) atoms. The minimum absolute atomic E-state index is 0.103. The lowest BCUT2D eigenvalue weighted by Gasteiger charge is -2.06. The van der Waals surface area contributed by atoms with Crippen LogP contribution in [0.15, 0.2) is 29.2 Å². The summed E-state index contributed by atoms with van der Waals surface area (Å²) < 4.78 is 31.2. The SMILES string of the molecule is CCOC(=O)c1ccc(S(=O)(=O)NC2CC2N)cc1. The Bertz CT molecular complexity index is 568. The summed E-state index contributed by atoms with van der Waals surface area (Å²) in [5.74, 6) is -0.469. The molecular weight excluding hydrogens is 268 g/mol. The molecule has 0 spiro atoms. The van der Waals surface area contributed by atoms with E-state index in [1.807, 2.05) is 0 Å². The molecule has 1 saturated carbocycles. The first-order chi connectivity index (χ1) is 8.94. The van der Waals surface area contributed by atoms with Crippen LogP contribution in [0.25, 0.3) is 0 Å². The Morgan fingerprint density at radius 1 is 1.42 bits per heavy atom. The lowest BCUT2D eigenvalue weighted by molar-refractivity contribution is 0.0526. The minimum atomic E-state index is -3.57. The fourth-order valence-electron chi connectivity index (χ4n) is 1.60. The molecular formula is C12H16N2O4S. The second kappa shape index (κ2) is 5.28. The van der Waals surface area contributed by atoms with Gasteiger partial charge in [0.1, 0.15) is 0 Å². The Morgan fingerprint density at radius 3 is 2.47 bits per heavy atom. The number of nitrogens with two attached hydrogens (primary N) is 1. The van der Waals surface area contributed by atoms with E-state index in [4.69, 9.17) is 10.5 Å². The number of ether oxygens (including phenoxy) is 1. The van der Waals surface area contributed by atoms with Crippen molar-refractivity contribution in [2.45, 2.75) is 30.3 Å². The quantitative estimate of drug-likeness (QED) is 0.755. The van der Waals surface area contributed by atoms with Crippen molar-refractivity contribution in [3.05, 3.63) is 29.8 Å². The molecule has 0 aliphatic heterocycles. The molecule has 2 rings (SSSR count). The van der Waals surface area contributed by atoms with Gasteiger partial charge in [-0.1, -0.05) is 0 Å². The number of esters is 1. The Balaban J connectivity index is 2.11. The van der Waals surface area contributed by atoms with Crippen LogP contribution in [-0.2, 0) is 14.8 Å². The number of sulfonamides is 1. The van der Waals surface area contributed by atoms with Gasteiger partial charge in [0.15, 0.2) is 0 Å². The van der Waals surface area contributed by atoms with Crippen LogP contribution in [0.2, 0.25) is 0 Å². The number of hydrogen-bond acceptors (Lipinski definition) is 5. The smallest absolute Gasteiger partial charge is 0.338 e. The molecule has 0 heterocycles. The van der Waals surface area contributed by atoms with E-state index in [1.54, 1.807) is 6.92 Å². The van der Waals surface area contributed by atoms with Crippen molar-refractivity contribution in [3.63, 3.8) is 0 Å². The monoisotopic (exact) mass is 284 g/mol. The van der Waals surface area contributed by atoms with Crippen LogP contribution in [0.1, 0.15) is 23.7 Å². The first-order valence-electron chi connectivity index (χ1n) is 5.99. The maximum atomic E-state index is 12.0. The van der Waals surface area contributed by atoms with Gasteiger partial charge in [-0.2, -0.15) is 0 Å². The number of carbonyl (C=O) groups is 1. The summed E-state index contributed by atoms with van der Waals surface area (Å²) in [4.78, 5) is 11.5. The number of hydrogen-bond donors (Lipinski definition) is 2. The highest BCUT2D eigenvalue weighted by Crippen LogP contribution is 2.21. The molecule has 2 atom stereocenters. The Hall–Kier alpha value is -1.44. The number of nitrogens with one attached hydrogen (secondary N) is 1. The first kappa shape index (κ1) is 14.0. The van der Waals surface area contributed by atoms with E-state index < -0.39 is 16.0 Å². The zero-order valence-corrected chi connectivity index (χ0v) is 11.3. The fourth-order valence-corrected chi connectivity index (χ4v) is 2.90. The molecule has 1 fully saturated rings. The van der Waals surface area contributed by atoms with Crippen molar-refractivity contribution in [1.29, 1.82) is 0 Å². The Morgan fingerprint density at radius 2 is 2.00 bits per heavy atom. The standard InChI is InChI=1S/C12H16N2O4S/c1-2-18-12(15)8-3-5-9(6-4-8)19(16,17)14-11-7-10(11)13/h3-6,10-11,14H,2,7,13H2,1H3. The van der Waals surface area contributed by atoms with Crippen LogP contribution >= 0.6 is 0 Å². The third-order valence-corrected chi connectivity index (χ3v) is 4.33. The summed E-state index contributed by atoms with van der Waals surface area (Å²) in [6.07, 6.45) is 0.653. The van der Waals surface area contributed by atoms with E-state index in [9.17, 15) is 13.2 Å². The molecule has 1 aliphatic rings. The summed E-state index contributed by atoms with van der Waals surface area (Å²) in [5, 5.41) is 0. The van der Waals surface area contributed by atoms with Gasteiger partial charge in [0, 0.05) is 12.1 Å². The second-order valence-corrected chi connectivity index (χ2v) is 6.09. The molecule has 1 aliphatic carbocycles. The molecule has 7 heteroatoms. The third kappa shape index (κ3) is 3.31. The summed E-state index contributed by atoms with van der Waals surface area (Å²) in [7, 11) is -3.57. The van der Waals surface area contributed by atoms with Gasteiger partial charge in [-0.15, -0.1) is 0 Å². The van der Waals surface area contributed by atoms with Gasteiger partial charge in [-0.25, -0.2) is 17.9 Å². The normalized spacial score (nSPS) is 22.0. The van der Waals surface area contributed by atoms with E-state index in [-0.39, 0.29) is 23.6 Å². The summed E-state index contributed by atoms with van der Waals surface area (Å²) in [6, 6.07) is 5.33. The van der Waals surface area contributed by atoms with E-state index >= 15 is 0 Å². The Labute approximate surface area is 112 Å². The lowest BCUT2D eigenvalue weighted by Crippen LogP contribution is -2.29. The van der Waals surface area contributed by atoms with Gasteiger partial charge in [-0.3, -0.25) is 0 Å². The van der Waals surface area contributed by atoms with E-state index in [0.717, 1.165) is 0 Å². The maximum absolute atomic E-state index is 12.0. The zero-order chi connectivity index (χ0) is 14.0. The van der Waals surface area contributed by atoms with E-state index in [0.29, 0.717) is 12.0 Å². The molecule has 104 valence electrons. The lowest BCUT2D eigenvalue weighted by atomic mass is 10.2. The molecule has 0 bridgehead atoms. The molecule has 0 aromatic heterocycles. The molecule has 0 saturated heterocycles. The number of rotatable bonds is 5. The van der Waals surface area contributed by atoms with Crippen LogP contribution < -0.4 is 10.5 Å². The van der Waals surface area contributed by atoms with Gasteiger partial charge < -0.3 is 10.5 Å². The van der Waals surface area contributed by atoms with Crippen molar-refractivity contribution in [2.24, 2.45) is 5.73 Å². The average Bonchev–Trinajstić information content (AvgIpc) is 3.04. The van der Waals surface area contributed by atoms with E-state index in [1.165, 1.54) is 24.3 Å². The maximum Gasteiger partial charge on any atom is 0.338 e. The van der Waals surface area contributed by atoms with Crippen molar-refractivity contribution in [1.82, 2.24) is 4.72 Å². The first-order valence-corrected chi connectivity index (χ1v) is 7.47. The van der Waals surface area contributed by atoms with Gasteiger partial charge in [0.05, 0.1) is 17.1 Å². The second-order valence-electron chi connectivity index (χ2n) is 4.37. The van der Waals surface area contributed by atoms with Crippen LogP contribution in [0.5, 0.6) is 0 Å². The highest BCUT2D eigenvalue weighted by molar-refractivity contribution is 7.89. The molecule has 0 radical (unpaired) electrons. The molecule has 0 amide bonds.